The van der Waals surface area contributed by atoms with Crippen LogP contribution in [-0.2, 0) is 9.53 Å². The smallest absolute Gasteiger partial charge is 0.331 e. The zero-order valence-corrected chi connectivity index (χ0v) is 15.7. The number of esters is 1. The fourth-order valence-corrected chi connectivity index (χ4v) is 3.63. The predicted octanol–water partition coefficient (Wildman–Crippen LogP) is 5.41. The summed E-state index contributed by atoms with van der Waals surface area (Å²) in [4.78, 5) is 29.7. The van der Waals surface area contributed by atoms with Crippen molar-refractivity contribution in [3.63, 3.8) is 0 Å². The van der Waals surface area contributed by atoms with Gasteiger partial charge in [0.2, 0.25) is 5.78 Å². The Morgan fingerprint density at radius 3 is 2.54 bits per heavy atom. The first-order chi connectivity index (χ1) is 13.7. The second-order valence-corrected chi connectivity index (χ2v) is 7.17. The Morgan fingerprint density at radius 1 is 0.964 bits per heavy atom. The largest absolute Gasteiger partial charge is 0.446 e. The Labute approximate surface area is 166 Å². The number of H-pyrrole nitrogens is 1. The third-order valence-electron chi connectivity index (χ3n) is 4.36. The molecule has 28 heavy (non-hydrogen) atoms. The SMILES string of the molecule is O=C(/C=C/c1cccs1)OC(C(=O)c1c[nH]c2ccccc12)c1ccccc1. The minimum absolute atomic E-state index is 0.262. The Hall–Kier alpha value is -3.44. The molecule has 0 radical (unpaired) electrons. The van der Waals surface area contributed by atoms with Gasteiger partial charge >= 0.3 is 5.97 Å². The van der Waals surface area contributed by atoms with Crippen molar-refractivity contribution in [2.75, 3.05) is 0 Å². The van der Waals surface area contributed by atoms with Gasteiger partial charge in [0.05, 0.1) is 0 Å². The van der Waals surface area contributed by atoms with Crippen molar-refractivity contribution in [3.05, 3.63) is 100 Å². The van der Waals surface area contributed by atoms with E-state index in [1.807, 2.05) is 60.0 Å². The van der Waals surface area contributed by atoms with Crippen LogP contribution in [0.3, 0.4) is 0 Å². The molecule has 2 heterocycles. The number of carbonyl (C=O) groups excluding carboxylic acids is 2. The predicted molar refractivity (Wildman–Crippen MR) is 111 cm³/mol. The van der Waals surface area contributed by atoms with Gasteiger partial charge in [-0.05, 0) is 23.6 Å². The van der Waals surface area contributed by atoms with Crippen LogP contribution in [0.2, 0.25) is 0 Å². The molecule has 1 unspecified atom stereocenters. The highest BCUT2D eigenvalue weighted by molar-refractivity contribution is 7.10. The third kappa shape index (κ3) is 3.80. The number of ketones is 1. The molecule has 1 atom stereocenters. The summed E-state index contributed by atoms with van der Waals surface area (Å²) >= 11 is 1.52. The number of hydrogen-bond donors (Lipinski definition) is 1. The van der Waals surface area contributed by atoms with Gasteiger partial charge in [0.1, 0.15) is 0 Å². The first-order valence-corrected chi connectivity index (χ1v) is 9.68. The van der Waals surface area contributed by atoms with Gasteiger partial charge in [-0.15, -0.1) is 11.3 Å². The van der Waals surface area contributed by atoms with Crippen LogP contribution in [-0.4, -0.2) is 16.7 Å². The van der Waals surface area contributed by atoms with Crippen molar-refractivity contribution in [2.24, 2.45) is 0 Å². The molecule has 0 fully saturated rings. The van der Waals surface area contributed by atoms with E-state index in [4.69, 9.17) is 4.74 Å². The maximum Gasteiger partial charge on any atom is 0.331 e. The van der Waals surface area contributed by atoms with Crippen molar-refractivity contribution in [2.45, 2.75) is 6.10 Å². The van der Waals surface area contributed by atoms with E-state index in [1.54, 1.807) is 24.4 Å². The number of thiophene rings is 1. The van der Waals surface area contributed by atoms with Gasteiger partial charge in [0.25, 0.3) is 0 Å². The van der Waals surface area contributed by atoms with Crippen LogP contribution < -0.4 is 0 Å². The Balaban J connectivity index is 1.64. The molecule has 1 N–H and O–H groups in total. The van der Waals surface area contributed by atoms with Gasteiger partial charge in [0, 0.05) is 39.2 Å². The van der Waals surface area contributed by atoms with Crippen molar-refractivity contribution in [3.8, 4) is 0 Å². The van der Waals surface area contributed by atoms with E-state index < -0.39 is 12.1 Å². The minimum Gasteiger partial charge on any atom is -0.446 e. The van der Waals surface area contributed by atoms with Crippen LogP contribution in [0.1, 0.15) is 26.9 Å². The number of hydrogen-bond acceptors (Lipinski definition) is 4. The monoisotopic (exact) mass is 387 g/mol. The Bertz CT molecular complexity index is 1130. The highest BCUT2D eigenvalue weighted by Gasteiger charge is 2.27. The molecule has 4 nitrogen and oxygen atoms in total. The average molecular weight is 387 g/mol. The van der Waals surface area contributed by atoms with Gasteiger partial charge < -0.3 is 9.72 Å². The second-order valence-electron chi connectivity index (χ2n) is 6.19. The average Bonchev–Trinajstić information content (AvgIpc) is 3.40. The van der Waals surface area contributed by atoms with E-state index in [-0.39, 0.29) is 5.78 Å². The van der Waals surface area contributed by atoms with Crippen LogP contribution in [0.25, 0.3) is 17.0 Å². The number of Topliss-reactive ketones (excluding diaryl/α,β-unsaturated/α-hetero) is 1. The summed E-state index contributed by atoms with van der Waals surface area (Å²) < 4.78 is 5.58. The lowest BCUT2D eigenvalue weighted by Gasteiger charge is -2.16. The highest BCUT2D eigenvalue weighted by Crippen LogP contribution is 2.27. The summed E-state index contributed by atoms with van der Waals surface area (Å²) in [6, 6.07) is 20.4. The van der Waals surface area contributed by atoms with Gasteiger partial charge in [-0.3, -0.25) is 4.79 Å². The number of para-hydroxylation sites is 1. The highest BCUT2D eigenvalue weighted by atomic mass is 32.1. The lowest BCUT2D eigenvalue weighted by atomic mass is 9.99. The number of ether oxygens (including phenoxy) is 1. The van der Waals surface area contributed by atoms with E-state index in [0.717, 1.165) is 15.8 Å². The standard InChI is InChI=1S/C23H17NO3S/c25-21(13-12-17-9-6-14-28-17)27-23(16-7-2-1-3-8-16)22(26)19-15-24-20-11-5-4-10-18(19)20/h1-15,23-24H/b13-12+. The molecule has 0 aliphatic carbocycles. The fourth-order valence-electron chi connectivity index (χ4n) is 3.01. The van der Waals surface area contributed by atoms with Crippen molar-refractivity contribution in [1.82, 2.24) is 4.98 Å². The molecule has 5 heteroatoms. The van der Waals surface area contributed by atoms with Crippen LogP contribution in [0.15, 0.2) is 84.4 Å². The number of rotatable bonds is 6. The summed E-state index contributed by atoms with van der Waals surface area (Å²) in [6.45, 7) is 0. The molecule has 0 spiro atoms. The Morgan fingerprint density at radius 2 is 1.75 bits per heavy atom. The lowest BCUT2D eigenvalue weighted by Crippen LogP contribution is -2.19. The number of aromatic amines is 1. The summed E-state index contributed by atoms with van der Waals surface area (Å²) in [5.74, 6) is -0.822. The van der Waals surface area contributed by atoms with E-state index in [0.29, 0.717) is 11.1 Å². The van der Waals surface area contributed by atoms with Crippen LogP contribution in [0.5, 0.6) is 0 Å². The number of nitrogens with one attached hydrogen (secondary N) is 1. The number of carbonyl (C=O) groups is 2. The van der Waals surface area contributed by atoms with E-state index >= 15 is 0 Å². The fraction of sp³-hybridized carbons (Fsp3) is 0.0435. The first-order valence-electron chi connectivity index (χ1n) is 8.80. The van der Waals surface area contributed by atoms with E-state index in [1.165, 1.54) is 17.4 Å². The molecule has 0 amide bonds. The first kappa shape index (κ1) is 17.9. The molecule has 0 bridgehead atoms. The molecule has 0 aliphatic heterocycles. The second kappa shape index (κ2) is 8.06. The van der Waals surface area contributed by atoms with Crippen molar-refractivity contribution >= 4 is 40.1 Å². The van der Waals surface area contributed by atoms with Crippen molar-refractivity contribution < 1.29 is 14.3 Å². The Kier molecular flexibility index (Phi) is 5.17. The minimum atomic E-state index is -1.01. The van der Waals surface area contributed by atoms with Crippen LogP contribution >= 0.6 is 11.3 Å². The third-order valence-corrected chi connectivity index (χ3v) is 5.19. The molecule has 138 valence electrons. The zero-order chi connectivity index (χ0) is 19.3. The maximum atomic E-state index is 13.3. The topological polar surface area (TPSA) is 59.2 Å². The number of fused-ring (bicyclic) bond motifs is 1. The molecule has 0 saturated carbocycles. The molecule has 0 aliphatic rings. The molecule has 2 aromatic heterocycles. The molecular formula is C23H17NO3S. The number of benzene rings is 2. The molecule has 4 rings (SSSR count). The molecule has 2 aromatic carbocycles. The van der Waals surface area contributed by atoms with Crippen LogP contribution in [0, 0.1) is 0 Å². The van der Waals surface area contributed by atoms with E-state index in [9.17, 15) is 9.59 Å². The van der Waals surface area contributed by atoms with Gasteiger partial charge in [-0.1, -0.05) is 54.6 Å². The summed E-state index contributed by atoms with van der Waals surface area (Å²) in [5.41, 5.74) is 2.00. The molecule has 4 aromatic rings. The number of aromatic nitrogens is 1. The van der Waals surface area contributed by atoms with Gasteiger partial charge in [-0.25, -0.2) is 4.79 Å². The normalized spacial score (nSPS) is 12.3. The summed E-state index contributed by atoms with van der Waals surface area (Å²) in [6.07, 6.45) is 3.69. The lowest BCUT2D eigenvalue weighted by molar-refractivity contribution is -0.141. The van der Waals surface area contributed by atoms with Gasteiger partial charge in [0.15, 0.2) is 6.10 Å². The quantitative estimate of drug-likeness (QED) is 0.273. The van der Waals surface area contributed by atoms with Gasteiger partial charge in [-0.2, -0.15) is 0 Å². The van der Waals surface area contributed by atoms with Crippen molar-refractivity contribution in [1.29, 1.82) is 0 Å². The zero-order valence-electron chi connectivity index (χ0n) is 14.9. The summed E-state index contributed by atoms with van der Waals surface area (Å²) in [5, 5.41) is 2.73. The molecular weight excluding hydrogens is 370 g/mol. The molecule has 0 saturated heterocycles. The van der Waals surface area contributed by atoms with Crippen LogP contribution in [0.4, 0.5) is 0 Å². The maximum absolute atomic E-state index is 13.3. The van der Waals surface area contributed by atoms with E-state index in [2.05, 4.69) is 4.98 Å². The summed E-state index contributed by atoms with van der Waals surface area (Å²) in [7, 11) is 0.